The summed E-state index contributed by atoms with van der Waals surface area (Å²) >= 11 is 0. The molecule has 1 saturated heterocycles. The van der Waals surface area contributed by atoms with Crippen molar-refractivity contribution in [2.75, 3.05) is 20.2 Å². The monoisotopic (exact) mass is 332 g/mol. The van der Waals surface area contributed by atoms with Crippen molar-refractivity contribution in [3.05, 3.63) is 35.4 Å². The number of nitrogens with zero attached hydrogens (tertiary/aromatic N) is 1. The van der Waals surface area contributed by atoms with Crippen molar-refractivity contribution in [1.29, 1.82) is 0 Å². The fraction of sp³-hybridized carbons (Fsp3) is 0.556. The number of carboxylic acid groups (broad SMARTS) is 1. The predicted molar refractivity (Wildman–Crippen MR) is 88.4 cm³/mol. The maximum atomic E-state index is 12.4. The second kappa shape index (κ2) is 6.81. The number of methoxy groups -OCH3 is 1. The Morgan fingerprint density at radius 3 is 2.67 bits per heavy atom. The van der Waals surface area contributed by atoms with Crippen LogP contribution in [-0.4, -0.2) is 42.2 Å². The number of rotatable bonds is 5. The van der Waals surface area contributed by atoms with Crippen LogP contribution in [0.3, 0.4) is 0 Å². The summed E-state index contributed by atoms with van der Waals surface area (Å²) in [6, 6.07) is 7.71. The minimum Gasteiger partial charge on any atom is -0.481 e. The van der Waals surface area contributed by atoms with Gasteiger partial charge in [0.05, 0.1) is 12.0 Å². The zero-order valence-corrected chi connectivity index (χ0v) is 14.0. The van der Waals surface area contributed by atoms with Crippen molar-refractivity contribution in [3.63, 3.8) is 0 Å². The number of likely N-dealkylation sites (tertiary alicyclic amines) is 1. The Bertz CT molecular complexity index is 616. The molecule has 0 bridgehead atoms. The molecule has 130 valence electrons. The van der Waals surface area contributed by atoms with Crippen LogP contribution < -0.4 is 5.32 Å². The van der Waals surface area contributed by atoms with Crippen LogP contribution in [0.4, 0.5) is 4.79 Å². The van der Waals surface area contributed by atoms with E-state index in [9.17, 15) is 14.7 Å². The van der Waals surface area contributed by atoms with Gasteiger partial charge in [-0.2, -0.15) is 0 Å². The Hall–Kier alpha value is -2.08. The summed E-state index contributed by atoms with van der Waals surface area (Å²) in [6.07, 6.45) is 2.52. The van der Waals surface area contributed by atoms with E-state index in [0.717, 1.165) is 24.0 Å². The molecule has 1 aromatic carbocycles. The first kappa shape index (κ1) is 16.8. The van der Waals surface area contributed by atoms with E-state index in [1.54, 1.807) is 12.0 Å². The summed E-state index contributed by atoms with van der Waals surface area (Å²) in [5.41, 5.74) is 1.37. The predicted octanol–water partition coefficient (Wildman–Crippen LogP) is 2.23. The summed E-state index contributed by atoms with van der Waals surface area (Å²) in [6.45, 7) is 1.88. The lowest BCUT2D eigenvalue weighted by atomic mass is 9.81. The van der Waals surface area contributed by atoms with Crippen LogP contribution in [0, 0.1) is 11.3 Å². The van der Waals surface area contributed by atoms with Gasteiger partial charge in [-0.25, -0.2) is 4.79 Å². The summed E-state index contributed by atoms with van der Waals surface area (Å²) in [5, 5.41) is 12.5. The van der Waals surface area contributed by atoms with Crippen molar-refractivity contribution >= 4 is 12.0 Å². The lowest BCUT2D eigenvalue weighted by Gasteiger charge is -2.23. The number of urea groups is 1. The topological polar surface area (TPSA) is 78.9 Å². The molecule has 1 aromatic rings. The lowest BCUT2D eigenvalue weighted by molar-refractivity contribution is -0.149. The highest BCUT2D eigenvalue weighted by Crippen LogP contribution is 2.48. The van der Waals surface area contributed by atoms with Crippen LogP contribution >= 0.6 is 0 Å². The molecule has 2 atom stereocenters. The molecule has 2 fully saturated rings. The average molecular weight is 332 g/mol. The summed E-state index contributed by atoms with van der Waals surface area (Å²) in [7, 11) is 1.66. The van der Waals surface area contributed by atoms with E-state index < -0.39 is 11.4 Å². The SMILES string of the molecule is COCc1ccc(CNC(=O)N2C[C@@H]3CCC[C@@]3(C(=O)O)C2)cc1. The third kappa shape index (κ3) is 3.11. The molecule has 0 spiro atoms. The first-order chi connectivity index (χ1) is 11.5. The summed E-state index contributed by atoms with van der Waals surface area (Å²) in [5.74, 6) is -0.664. The van der Waals surface area contributed by atoms with Gasteiger partial charge in [0, 0.05) is 26.7 Å². The van der Waals surface area contributed by atoms with Gasteiger partial charge in [-0.1, -0.05) is 30.7 Å². The van der Waals surface area contributed by atoms with Gasteiger partial charge in [-0.05, 0) is 29.9 Å². The molecule has 2 aliphatic rings. The van der Waals surface area contributed by atoms with Gasteiger partial charge in [0.1, 0.15) is 0 Å². The summed E-state index contributed by atoms with van der Waals surface area (Å²) in [4.78, 5) is 25.7. The van der Waals surface area contributed by atoms with E-state index in [0.29, 0.717) is 32.7 Å². The average Bonchev–Trinajstić information content (AvgIpc) is 3.12. The lowest BCUT2D eigenvalue weighted by Crippen LogP contribution is -2.41. The highest BCUT2D eigenvalue weighted by atomic mass is 16.5. The minimum absolute atomic E-state index is 0.0917. The number of carbonyl (C=O) groups excluding carboxylic acids is 1. The molecular weight excluding hydrogens is 308 g/mol. The molecule has 0 unspecified atom stereocenters. The largest absolute Gasteiger partial charge is 0.481 e. The quantitative estimate of drug-likeness (QED) is 0.867. The maximum absolute atomic E-state index is 12.4. The Balaban J connectivity index is 1.55. The van der Waals surface area contributed by atoms with Gasteiger partial charge < -0.3 is 20.1 Å². The van der Waals surface area contributed by atoms with Gasteiger partial charge in [0.15, 0.2) is 0 Å². The van der Waals surface area contributed by atoms with Gasteiger partial charge in [-0.3, -0.25) is 4.79 Å². The molecule has 2 amide bonds. The smallest absolute Gasteiger partial charge is 0.317 e. The van der Waals surface area contributed by atoms with Crippen molar-refractivity contribution in [2.24, 2.45) is 11.3 Å². The molecule has 1 aliphatic carbocycles. The van der Waals surface area contributed by atoms with Gasteiger partial charge in [-0.15, -0.1) is 0 Å². The molecule has 1 saturated carbocycles. The molecule has 6 nitrogen and oxygen atoms in total. The van der Waals surface area contributed by atoms with Crippen molar-refractivity contribution in [1.82, 2.24) is 10.2 Å². The Kier molecular flexibility index (Phi) is 4.76. The number of carbonyl (C=O) groups is 2. The number of hydrogen-bond acceptors (Lipinski definition) is 3. The molecular formula is C18H24N2O4. The fourth-order valence-corrected chi connectivity index (χ4v) is 4.00. The van der Waals surface area contributed by atoms with Crippen molar-refractivity contribution in [2.45, 2.75) is 32.4 Å². The molecule has 3 rings (SSSR count). The van der Waals surface area contributed by atoms with E-state index >= 15 is 0 Å². The van der Waals surface area contributed by atoms with E-state index in [4.69, 9.17) is 4.74 Å². The first-order valence-corrected chi connectivity index (χ1v) is 8.38. The molecule has 0 aromatic heterocycles. The first-order valence-electron chi connectivity index (χ1n) is 8.38. The number of carboxylic acids is 1. The second-order valence-electron chi connectivity index (χ2n) is 6.84. The minimum atomic E-state index is -0.756. The number of ether oxygens (including phenoxy) is 1. The number of aliphatic carboxylic acids is 1. The maximum Gasteiger partial charge on any atom is 0.317 e. The normalized spacial score (nSPS) is 25.5. The van der Waals surface area contributed by atoms with Crippen LogP contribution in [0.1, 0.15) is 30.4 Å². The number of nitrogens with one attached hydrogen (secondary N) is 1. The molecule has 0 radical (unpaired) electrons. The number of amides is 2. The summed E-state index contributed by atoms with van der Waals surface area (Å²) < 4.78 is 5.07. The Morgan fingerprint density at radius 2 is 2.04 bits per heavy atom. The van der Waals surface area contributed by atoms with Crippen LogP contribution in [0.5, 0.6) is 0 Å². The van der Waals surface area contributed by atoms with Crippen LogP contribution in [0.15, 0.2) is 24.3 Å². The third-order valence-electron chi connectivity index (χ3n) is 5.36. The third-order valence-corrected chi connectivity index (χ3v) is 5.36. The zero-order chi connectivity index (χ0) is 17.2. The highest BCUT2D eigenvalue weighted by Gasteiger charge is 2.55. The van der Waals surface area contributed by atoms with E-state index in [2.05, 4.69) is 5.32 Å². The molecule has 1 aliphatic heterocycles. The van der Waals surface area contributed by atoms with Crippen molar-refractivity contribution < 1.29 is 19.4 Å². The fourth-order valence-electron chi connectivity index (χ4n) is 4.00. The number of fused-ring (bicyclic) bond motifs is 1. The van der Waals surface area contributed by atoms with Crippen LogP contribution in [-0.2, 0) is 22.7 Å². The van der Waals surface area contributed by atoms with Gasteiger partial charge in [0.25, 0.3) is 0 Å². The highest BCUT2D eigenvalue weighted by molar-refractivity contribution is 5.80. The zero-order valence-electron chi connectivity index (χ0n) is 14.0. The molecule has 24 heavy (non-hydrogen) atoms. The van der Waals surface area contributed by atoms with Crippen LogP contribution in [0.25, 0.3) is 0 Å². The van der Waals surface area contributed by atoms with Gasteiger partial charge in [0.2, 0.25) is 0 Å². The van der Waals surface area contributed by atoms with Gasteiger partial charge >= 0.3 is 12.0 Å². The van der Waals surface area contributed by atoms with Crippen LogP contribution in [0.2, 0.25) is 0 Å². The van der Waals surface area contributed by atoms with E-state index in [1.165, 1.54) is 0 Å². The number of benzene rings is 1. The van der Waals surface area contributed by atoms with E-state index in [-0.39, 0.29) is 11.9 Å². The second-order valence-corrected chi connectivity index (χ2v) is 6.84. The Labute approximate surface area is 141 Å². The van der Waals surface area contributed by atoms with E-state index in [1.807, 2.05) is 24.3 Å². The molecule has 6 heteroatoms. The molecule has 2 N–H and O–H groups in total. The van der Waals surface area contributed by atoms with Crippen molar-refractivity contribution in [3.8, 4) is 0 Å². The molecule has 1 heterocycles. The standard InChI is InChI=1S/C18H24N2O4/c1-24-11-14-6-4-13(5-7-14)9-19-17(23)20-10-15-3-2-8-18(15,12-20)16(21)22/h4-7,15H,2-3,8-12H2,1H3,(H,19,23)(H,21,22)/t15-,18+/m0/s1. The Morgan fingerprint density at radius 1 is 1.33 bits per heavy atom. The number of hydrogen-bond donors (Lipinski definition) is 2.